The number of hydrogen-bond acceptors (Lipinski definition) is 6. The highest BCUT2D eigenvalue weighted by atomic mass is 16.8. The number of aliphatic hydroxyl groups excluding tert-OH is 1. The van der Waals surface area contributed by atoms with Gasteiger partial charge >= 0.3 is 5.97 Å². The number of methoxy groups -OCH3 is 2. The van der Waals surface area contributed by atoms with Crippen LogP contribution in [0, 0.1) is 0 Å². The van der Waals surface area contributed by atoms with Crippen molar-refractivity contribution in [3.63, 3.8) is 0 Å². The lowest BCUT2D eigenvalue weighted by Crippen LogP contribution is -2.13. The number of hydrogen-bond donors (Lipinski definition) is 2. The van der Waals surface area contributed by atoms with E-state index in [1.54, 1.807) is 56.7 Å². The molecule has 1 aliphatic rings. The summed E-state index contributed by atoms with van der Waals surface area (Å²) in [5.74, 6) is -0.879. The van der Waals surface area contributed by atoms with Crippen molar-refractivity contribution in [1.29, 1.82) is 0 Å². The van der Waals surface area contributed by atoms with E-state index < -0.39 is 5.97 Å². The number of carbonyl (C=O) groups is 2. The number of rotatable bonds is 4. The summed E-state index contributed by atoms with van der Waals surface area (Å²) >= 11 is 0. The van der Waals surface area contributed by atoms with E-state index in [0.29, 0.717) is 5.56 Å². The number of ether oxygens (including phenoxy) is 3. The maximum absolute atomic E-state index is 10.2. The Kier molecular flexibility index (Phi) is 15.1. The predicted octanol–water partition coefficient (Wildman–Crippen LogP) is 3.23. The normalized spacial score (nSPS) is 16.9. The standard InChI is InChI=1S/C7H6O2.C7H6O.C6H12O3.CH4O/c8-7(9)6-4-2-1-3-5-6;8-6-7-4-2-1-3-5-7;1-7-5-3-4-6(8-2)9-5;1-2/h1-5H,(H,8,9);1-6H;5-6H,3-4H2,1-2H3;2H,1H3. The van der Waals surface area contributed by atoms with Gasteiger partial charge in [0.15, 0.2) is 12.6 Å². The van der Waals surface area contributed by atoms with Crippen LogP contribution in [0.4, 0.5) is 0 Å². The van der Waals surface area contributed by atoms with E-state index in [9.17, 15) is 9.59 Å². The summed E-state index contributed by atoms with van der Waals surface area (Å²) in [5, 5.41) is 15.4. The first-order chi connectivity index (χ1) is 13.6. The van der Waals surface area contributed by atoms with Crippen LogP contribution in [-0.4, -0.2) is 56.4 Å². The third-order valence-corrected chi connectivity index (χ3v) is 3.42. The fraction of sp³-hybridized carbons (Fsp3) is 0.333. The number of carboxylic acid groups (broad SMARTS) is 1. The summed E-state index contributed by atoms with van der Waals surface area (Å²) in [4.78, 5) is 20.2. The molecule has 1 aliphatic heterocycles. The monoisotopic (exact) mass is 392 g/mol. The average Bonchev–Trinajstić information content (AvgIpc) is 3.26. The summed E-state index contributed by atoms with van der Waals surface area (Å²) in [5.41, 5.74) is 1.06. The molecule has 0 radical (unpaired) electrons. The van der Waals surface area contributed by atoms with E-state index in [1.165, 1.54) is 0 Å². The second-order valence-electron chi connectivity index (χ2n) is 5.24. The molecule has 0 aliphatic carbocycles. The predicted molar refractivity (Wildman–Crippen MR) is 105 cm³/mol. The highest BCUT2D eigenvalue weighted by Gasteiger charge is 2.23. The summed E-state index contributed by atoms with van der Waals surface area (Å²) in [6.45, 7) is 0. The van der Waals surface area contributed by atoms with Gasteiger partial charge in [-0.25, -0.2) is 4.79 Å². The van der Waals surface area contributed by atoms with Crippen molar-refractivity contribution in [2.45, 2.75) is 25.4 Å². The molecule has 2 unspecified atom stereocenters. The Morgan fingerprint density at radius 2 is 1.36 bits per heavy atom. The van der Waals surface area contributed by atoms with Gasteiger partial charge < -0.3 is 24.4 Å². The largest absolute Gasteiger partial charge is 0.478 e. The molecule has 0 spiro atoms. The molecule has 28 heavy (non-hydrogen) atoms. The SMILES string of the molecule is CO.COC1CCC(OC)O1.O=C(O)c1ccccc1.O=Cc1ccccc1. The van der Waals surface area contributed by atoms with Crippen molar-refractivity contribution in [1.82, 2.24) is 0 Å². The first-order valence-corrected chi connectivity index (χ1v) is 8.55. The van der Waals surface area contributed by atoms with Gasteiger partial charge in [-0.3, -0.25) is 4.79 Å². The van der Waals surface area contributed by atoms with E-state index in [-0.39, 0.29) is 12.6 Å². The lowest BCUT2D eigenvalue weighted by molar-refractivity contribution is -0.185. The van der Waals surface area contributed by atoms with Crippen LogP contribution in [-0.2, 0) is 14.2 Å². The van der Waals surface area contributed by atoms with Crippen LogP contribution in [0.2, 0.25) is 0 Å². The van der Waals surface area contributed by atoms with Gasteiger partial charge in [0.1, 0.15) is 6.29 Å². The molecule has 0 amide bonds. The molecule has 7 heteroatoms. The third-order valence-electron chi connectivity index (χ3n) is 3.42. The Bertz CT molecular complexity index is 622. The first-order valence-electron chi connectivity index (χ1n) is 8.55. The lowest BCUT2D eigenvalue weighted by atomic mass is 10.2. The van der Waals surface area contributed by atoms with Gasteiger partial charge in [0, 0.05) is 39.7 Å². The maximum atomic E-state index is 10.2. The van der Waals surface area contributed by atoms with E-state index in [4.69, 9.17) is 24.4 Å². The van der Waals surface area contributed by atoms with Crippen LogP contribution < -0.4 is 0 Å². The molecule has 1 heterocycles. The Balaban J connectivity index is 0.000000374. The molecule has 7 nitrogen and oxygen atoms in total. The number of benzene rings is 2. The number of carboxylic acids is 1. The van der Waals surface area contributed by atoms with Crippen LogP contribution in [0.3, 0.4) is 0 Å². The molecule has 154 valence electrons. The quantitative estimate of drug-likeness (QED) is 0.770. The second kappa shape index (κ2) is 16.6. The van der Waals surface area contributed by atoms with E-state index in [1.807, 2.05) is 18.2 Å². The van der Waals surface area contributed by atoms with Crippen molar-refractivity contribution < 1.29 is 34.0 Å². The molecule has 1 saturated heterocycles. The van der Waals surface area contributed by atoms with Gasteiger partial charge in [-0.2, -0.15) is 0 Å². The molecule has 2 aromatic carbocycles. The minimum Gasteiger partial charge on any atom is -0.478 e. The Morgan fingerprint density at radius 1 is 0.929 bits per heavy atom. The maximum Gasteiger partial charge on any atom is 0.335 e. The van der Waals surface area contributed by atoms with E-state index in [0.717, 1.165) is 31.8 Å². The fourth-order valence-corrected chi connectivity index (χ4v) is 2.04. The van der Waals surface area contributed by atoms with Crippen LogP contribution in [0.15, 0.2) is 60.7 Å². The van der Waals surface area contributed by atoms with Gasteiger partial charge in [0.25, 0.3) is 0 Å². The van der Waals surface area contributed by atoms with Gasteiger partial charge in [0.2, 0.25) is 0 Å². The zero-order valence-corrected chi connectivity index (χ0v) is 16.4. The molecular formula is C21H28O7. The van der Waals surface area contributed by atoms with Crippen LogP contribution in [0.5, 0.6) is 0 Å². The number of aliphatic hydroxyl groups is 1. The molecule has 3 rings (SSSR count). The van der Waals surface area contributed by atoms with Crippen LogP contribution >= 0.6 is 0 Å². The topological polar surface area (TPSA) is 102 Å². The molecular weight excluding hydrogens is 364 g/mol. The zero-order valence-electron chi connectivity index (χ0n) is 16.4. The third kappa shape index (κ3) is 11.2. The van der Waals surface area contributed by atoms with Gasteiger partial charge in [-0.05, 0) is 12.1 Å². The van der Waals surface area contributed by atoms with E-state index in [2.05, 4.69) is 0 Å². The molecule has 1 fully saturated rings. The Morgan fingerprint density at radius 3 is 1.61 bits per heavy atom. The first kappa shape index (κ1) is 25.4. The molecule has 2 atom stereocenters. The smallest absolute Gasteiger partial charge is 0.335 e. The molecule has 0 bridgehead atoms. The van der Waals surface area contributed by atoms with Crippen molar-refractivity contribution >= 4 is 12.3 Å². The Labute approximate surface area is 165 Å². The molecule has 0 saturated carbocycles. The van der Waals surface area contributed by atoms with Gasteiger partial charge in [-0.15, -0.1) is 0 Å². The summed E-state index contributed by atoms with van der Waals surface area (Å²) < 4.78 is 15.1. The highest BCUT2D eigenvalue weighted by Crippen LogP contribution is 2.19. The van der Waals surface area contributed by atoms with Crippen molar-refractivity contribution in [3.8, 4) is 0 Å². The second-order valence-corrected chi connectivity index (χ2v) is 5.24. The lowest BCUT2D eigenvalue weighted by Gasteiger charge is -2.09. The summed E-state index contributed by atoms with van der Waals surface area (Å²) in [6, 6.07) is 17.4. The van der Waals surface area contributed by atoms with Crippen LogP contribution in [0.25, 0.3) is 0 Å². The number of aromatic carboxylic acids is 1. The van der Waals surface area contributed by atoms with E-state index >= 15 is 0 Å². The molecule has 0 aromatic heterocycles. The fourth-order valence-electron chi connectivity index (χ4n) is 2.04. The van der Waals surface area contributed by atoms with Gasteiger partial charge in [-0.1, -0.05) is 48.5 Å². The molecule has 2 N–H and O–H groups in total. The Hall–Kier alpha value is -2.58. The average molecular weight is 392 g/mol. The number of aldehydes is 1. The molecule has 2 aromatic rings. The van der Waals surface area contributed by atoms with Crippen LogP contribution in [0.1, 0.15) is 33.6 Å². The van der Waals surface area contributed by atoms with Crippen molar-refractivity contribution in [2.24, 2.45) is 0 Å². The zero-order chi connectivity index (χ0) is 21.2. The summed E-state index contributed by atoms with van der Waals surface area (Å²) in [7, 11) is 4.28. The van der Waals surface area contributed by atoms with Crippen molar-refractivity contribution in [3.05, 3.63) is 71.8 Å². The van der Waals surface area contributed by atoms with Crippen molar-refractivity contribution in [2.75, 3.05) is 21.3 Å². The minimum absolute atomic E-state index is 0.0463. The number of carbonyl (C=O) groups excluding carboxylic acids is 1. The summed E-state index contributed by atoms with van der Waals surface area (Å²) in [6.07, 6.45) is 2.62. The van der Waals surface area contributed by atoms with Gasteiger partial charge in [0.05, 0.1) is 5.56 Å². The minimum atomic E-state index is -0.879. The highest BCUT2D eigenvalue weighted by molar-refractivity contribution is 5.87.